The van der Waals surface area contributed by atoms with E-state index in [2.05, 4.69) is 21.4 Å². The number of piperazine rings is 1. The zero-order valence-corrected chi connectivity index (χ0v) is 12.3. The van der Waals surface area contributed by atoms with Gasteiger partial charge in [0.1, 0.15) is 0 Å². The maximum Gasteiger partial charge on any atom is 0.333 e. The van der Waals surface area contributed by atoms with E-state index in [0.717, 1.165) is 49.4 Å². The maximum atomic E-state index is 11.6. The Balaban J connectivity index is 2.05. The molecule has 0 atom stereocenters. The summed E-state index contributed by atoms with van der Waals surface area (Å²) in [5, 5.41) is 17.3. The highest BCUT2D eigenvalue weighted by atomic mass is 16.4. The van der Waals surface area contributed by atoms with Crippen LogP contribution in [-0.2, 0) is 4.79 Å². The van der Waals surface area contributed by atoms with Gasteiger partial charge in [0.15, 0.2) is 0 Å². The van der Waals surface area contributed by atoms with Crippen molar-refractivity contribution in [3.63, 3.8) is 0 Å². The number of carbonyl (C=O) groups is 1. The average molecular weight is 287 g/mol. The van der Waals surface area contributed by atoms with Gasteiger partial charge in [-0.25, -0.2) is 9.80 Å². The van der Waals surface area contributed by atoms with E-state index in [1.807, 2.05) is 25.1 Å². The molecule has 0 amide bonds. The van der Waals surface area contributed by atoms with E-state index in [1.165, 1.54) is 0 Å². The second-order valence-corrected chi connectivity index (χ2v) is 5.39. The fraction of sp³-hybridized carbons (Fsp3) is 0.438. The number of carboxylic acid groups (broad SMARTS) is 1. The number of hydrazine groups is 1. The lowest BCUT2D eigenvalue weighted by Gasteiger charge is -2.42. The maximum absolute atomic E-state index is 11.6. The Morgan fingerprint density at radius 3 is 2.67 bits per heavy atom. The standard InChI is InChI=1S/C16H21N3O2/c1-2-12-13-5-3-4-6-15(13)19(11-14(12)16(20)21)18-9-7-17-8-10-18/h3-6,17H,2,7-11H2,1H3,(H,20,21). The summed E-state index contributed by atoms with van der Waals surface area (Å²) in [6, 6.07) is 8.12. The molecule has 112 valence electrons. The van der Waals surface area contributed by atoms with Gasteiger partial charge in [0, 0.05) is 31.7 Å². The van der Waals surface area contributed by atoms with Crippen LogP contribution < -0.4 is 10.3 Å². The molecule has 21 heavy (non-hydrogen) atoms. The number of rotatable bonds is 3. The van der Waals surface area contributed by atoms with Crippen LogP contribution in [0.25, 0.3) is 5.57 Å². The number of carboxylic acids is 1. The first-order valence-electron chi connectivity index (χ1n) is 7.50. The summed E-state index contributed by atoms with van der Waals surface area (Å²) in [5.41, 5.74) is 3.67. The van der Waals surface area contributed by atoms with Crippen LogP contribution in [0.2, 0.25) is 0 Å². The van der Waals surface area contributed by atoms with Crippen molar-refractivity contribution >= 4 is 17.2 Å². The largest absolute Gasteiger partial charge is 0.478 e. The van der Waals surface area contributed by atoms with Crippen LogP contribution in [0.1, 0.15) is 18.9 Å². The first-order chi connectivity index (χ1) is 10.2. The van der Waals surface area contributed by atoms with Crippen molar-refractivity contribution in [1.29, 1.82) is 0 Å². The molecule has 1 fully saturated rings. The quantitative estimate of drug-likeness (QED) is 0.884. The summed E-state index contributed by atoms with van der Waals surface area (Å²) < 4.78 is 0. The third-order valence-electron chi connectivity index (χ3n) is 4.23. The molecule has 5 nitrogen and oxygen atoms in total. The van der Waals surface area contributed by atoms with Crippen molar-refractivity contribution < 1.29 is 9.90 Å². The fourth-order valence-corrected chi connectivity index (χ4v) is 3.19. The number of nitrogens with zero attached hydrogens (tertiary/aromatic N) is 2. The number of allylic oxidation sites excluding steroid dienone is 1. The Morgan fingerprint density at radius 2 is 2.00 bits per heavy atom. The molecule has 0 unspecified atom stereocenters. The van der Waals surface area contributed by atoms with Crippen LogP contribution in [-0.4, -0.2) is 48.8 Å². The number of para-hydroxylation sites is 1. The highest BCUT2D eigenvalue weighted by Gasteiger charge is 2.30. The van der Waals surface area contributed by atoms with Gasteiger partial charge in [-0.3, -0.25) is 0 Å². The molecule has 3 rings (SSSR count). The molecule has 0 bridgehead atoms. The summed E-state index contributed by atoms with van der Waals surface area (Å²) in [4.78, 5) is 11.6. The lowest BCUT2D eigenvalue weighted by atomic mass is 9.92. The molecule has 2 aliphatic heterocycles. The van der Waals surface area contributed by atoms with E-state index in [4.69, 9.17) is 0 Å². The Bertz CT molecular complexity index is 577. The van der Waals surface area contributed by atoms with E-state index < -0.39 is 5.97 Å². The lowest BCUT2D eigenvalue weighted by Crippen LogP contribution is -2.54. The van der Waals surface area contributed by atoms with Gasteiger partial charge in [-0.1, -0.05) is 25.1 Å². The molecule has 1 aromatic rings. The van der Waals surface area contributed by atoms with Gasteiger partial charge in [0.2, 0.25) is 0 Å². The number of nitrogens with one attached hydrogen (secondary N) is 1. The minimum Gasteiger partial charge on any atom is -0.478 e. The van der Waals surface area contributed by atoms with Crippen LogP contribution in [0, 0.1) is 0 Å². The van der Waals surface area contributed by atoms with Crippen molar-refractivity contribution in [2.75, 3.05) is 37.7 Å². The molecule has 2 aliphatic rings. The molecule has 0 saturated carbocycles. The molecule has 2 N–H and O–H groups in total. The Kier molecular flexibility index (Phi) is 3.94. The number of benzene rings is 1. The molecule has 0 aliphatic carbocycles. The number of fused-ring (bicyclic) bond motifs is 1. The van der Waals surface area contributed by atoms with E-state index >= 15 is 0 Å². The number of hydrogen-bond acceptors (Lipinski definition) is 4. The van der Waals surface area contributed by atoms with Crippen LogP contribution in [0.4, 0.5) is 5.69 Å². The minimum atomic E-state index is -0.804. The first-order valence-corrected chi connectivity index (χ1v) is 7.50. The lowest BCUT2D eigenvalue weighted by molar-refractivity contribution is -0.132. The zero-order chi connectivity index (χ0) is 14.8. The van der Waals surface area contributed by atoms with Crippen LogP contribution in [0.15, 0.2) is 29.8 Å². The molecule has 1 aromatic carbocycles. The predicted molar refractivity (Wildman–Crippen MR) is 83.1 cm³/mol. The molecule has 0 aromatic heterocycles. The fourth-order valence-electron chi connectivity index (χ4n) is 3.19. The van der Waals surface area contributed by atoms with Gasteiger partial charge in [-0.15, -0.1) is 0 Å². The average Bonchev–Trinajstić information content (AvgIpc) is 2.54. The predicted octanol–water partition coefficient (Wildman–Crippen LogP) is 1.57. The van der Waals surface area contributed by atoms with Gasteiger partial charge < -0.3 is 15.4 Å². The van der Waals surface area contributed by atoms with E-state index in [-0.39, 0.29) is 0 Å². The summed E-state index contributed by atoms with van der Waals surface area (Å²) in [7, 11) is 0. The second-order valence-electron chi connectivity index (χ2n) is 5.39. The van der Waals surface area contributed by atoms with Gasteiger partial charge in [-0.05, 0) is 18.1 Å². The third-order valence-corrected chi connectivity index (χ3v) is 4.23. The first kappa shape index (κ1) is 14.1. The van der Waals surface area contributed by atoms with Crippen molar-refractivity contribution in [2.24, 2.45) is 0 Å². The number of aliphatic carboxylic acids is 1. The Hall–Kier alpha value is -1.85. The molecule has 1 saturated heterocycles. The van der Waals surface area contributed by atoms with Crippen LogP contribution in [0.3, 0.4) is 0 Å². The molecular formula is C16H21N3O2. The normalized spacial score (nSPS) is 19.6. The van der Waals surface area contributed by atoms with Crippen LogP contribution in [0.5, 0.6) is 0 Å². The summed E-state index contributed by atoms with van der Waals surface area (Å²) in [6.45, 7) is 6.16. The summed E-state index contributed by atoms with van der Waals surface area (Å²) in [6.07, 6.45) is 0.744. The Morgan fingerprint density at radius 1 is 1.29 bits per heavy atom. The molecule has 2 heterocycles. The van der Waals surface area contributed by atoms with E-state index in [1.54, 1.807) is 0 Å². The highest BCUT2D eigenvalue weighted by Crippen LogP contribution is 2.37. The molecule has 5 heteroatoms. The van der Waals surface area contributed by atoms with Crippen molar-refractivity contribution in [3.05, 3.63) is 35.4 Å². The van der Waals surface area contributed by atoms with E-state index in [9.17, 15) is 9.90 Å². The molecule has 0 spiro atoms. The Labute approximate surface area is 124 Å². The molecular weight excluding hydrogens is 266 g/mol. The minimum absolute atomic E-state index is 0.454. The van der Waals surface area contributed by atoms with Crippen molar-refractivity contribution in [1.82, 2.24) is 10.3 Å². The second kappa shape index (κ2) is 5.87. The summed E-state index contributed by atoms with van der Waals surface area (Å²) >= 11 is 0. The zero-order valence-electron chi connectivity index (χ0n) is 12.3. The van der Waals surface area contributed by atoms with Gasteiger partial charge in [0.25, 0.3) is 0 Å². The topological polar surface area (TPSA) is 55.8 Å². The monoisotopic (exact) mass is 287 g/mol. The van der Waals surface area contributed by atoms with Crippen LogP contribution >= 0.6 is 0 Å². The highest BCUT2D eigenvalue weighted by molar-refractivity contribution is 6.00. The SMILES string of the molecule is CCC1=C(C(=O)O)CN(N2CCNCC2)c2ccccc21. The van der Waals surface area contributed by atoms with Crippen molar-refractivity contribution in [2.45, 2.75) is 13.3 Å². The summed E-state index contributed by atoms with van der Waals surface area (Å²) in [5.74, 6) is -0.804. The number of hydrogen-bond donors (Lipinski definition) is 2. The van der Waals surface area contributed by atoms with E-state index in [0.29, 0.717) is 12.1 Å². The van der Waals surface area contributed by atoms with Gasteiger partial charge >= 0.3 is 5.97 Å². The van der Waals surface area contributed by atoms with Gasteiger partial charge in [0.05, 0.1) is 17.8 Å². The van der Waals surface area contributed by atoms with Crippen molar-refractivity contribution in [3.8, 4) is 0 Å². The third kappa shape index (κ3) is 2.54. The number of anilines is 1. The van der Waals surface area contributed by atoms with Gasteiger partial charge in [-0.2, -0.15) is 0 Å². The molecule has 0 radical (unpaired) electrons. The smallest absolute Gasteiger partial charge is 0.333 e.